The molecule has 0 bridgehead atoms. The van der Waals surface area contributed by atoms with Crippen LogP contribution in [0, 0.1) is 5.41 Å². The molecule has 84 valence electrons. The second kappa shape index (κ2) is 4.14. The van der Waals surface area contributed by atoms with E-state index in [9.17, 15) is 9.90 Å². The Morgan fingerprint density at radius 1 is 1.60 bits per heavy atom. The smallest absolute Gasteiger partial charge is 0.227 e. The summed E-state index contributed by atoms with van der Waals surface area (Å²) in [6.07, 6.45) is 2.31. The van der Waals surface area contributed by atoms with Gasteiger partial charge in [-0.3, -0.25) is 4.79 Å². The number of imidazole rings is 1. The SMILES string of the molecule is CCn1ccnc1C(=O)C(O)C(C)(C)C. The molecular formula is C11H18N2O2. The Kier molecular flexibility index (Phi) is 3.29. The van der Waals surface area contributed by atoms with Gasteiger partial charge in [0.25, 0.3) is 0 Å². The fourth-order valence-corrected chi connectivity index (χ4v) is 1.31. The summed E-state index contributed by atoms with van der Waals surface area (Å²) in [7, 11) is 0. The quantitative estimate of drug-likeness (QED) is 0.769. The molecule has 0 aliphatic rings. The predicted molar refractivity (Wildman–Crippen MR) is 57.7 cm³/mol. The number of carbonyl (C=O) groups is 1. The molecule has 0 aliphatic carbocycles. The van der Waals surface area contributed by atoms with Crippen molar-refractivity contribution in [1.82, 2.24) is 9.55 Å². The van der Waals surface area contributed by atoms with Gasteiger partial charge in [0.05, 0.1) is 0 Å². The van der Waals surface area contributed by atoms with Gasteiger partial charge in [0.2, 0.25) is 5.78 Å². The molecule has 4 heteroatoms. The van der Waals surface area contributed by atoms with Gasteiger partial charge in [-0.15, -0.1) is 0 Å². The molecule has 4 nitrogen and oxygen atoms in total. The summed E-state index contributed by atoms with van der Waals surface area (Å²) >= 11 is 0. The maximum Gasteiger partial charge on any atom is 0.227 e. The Morgan fingerprint density at radius 2 is 2.20 bits per heavy atom. The van der Waals surface area contributed by atoms with E-state index in [2.05, 4.69) is 4.98 Å². The van der Waals surface area contributed by atoms with Crippen LogP contribution in [0.4, 0.5) is 0 Å². The van der Waals surface area contributed by atoms with Crippen LogP contribution in [0.5, 0.6) is 0 Å². The lowest BCUT2D eigenvalue weighted by Gasteiger charge is -2.24. The lowest BCUT2D eigenvalue weighted by atomic mass is 9.86. The molecule has 0 saturated heterocycles. The zero-order valence-electron chi connectivity index (χ0n) is 9.69. The van der Waals surface area contributed by atoms with Gasteiger partial charge in [0.15, 0.2) is 5.82 Å². The highest BCUT2D eigenvalue weighted by Gasteiger charge is 2.31. The Labute approximate surface area is 89.9 Å². The van der Waals surface area contributed by atoms with Gasteiger partial charge in [0, 0.05) is 18.9 Å². The fraction of sp³-hybridized carbons (Fsp3) is 0.636. The van der Waals surface area contributed by atoms with Gasteiger partial charge in [-0.25, -0.2) is 4.98 Å². The van der Waals surface area contributed by atoms with E-state index in [4.69, 9.17) is 0 Å². The highest BCUT2D eigenvalue weighted by Crippen LogP contribution is 2.21. The average Bonchev–Trinajstić information content (AvgIpc) is 2.61. The third-order valence-corrected chi connectivity index (χ3v) is 2.35. The number of aliphatic hydroxyl groups is 1. The van der Waals surface area contributed by atoms with Crippen LogP contribution in [0.1, 0.15) is 38.3 Å². The Bertz CT molecular complexity index is 350. The van der Waals surface area contributed by atoms with Gasteiger partial charge in [-0.2, -0.15) is 0 Å². The fourth-order valence-electron chi connectivity index (χ4n) is 1.31. The van der Waals surface area contributed by atoms with Crippen LogP contribution in [-0.2, 0) is 6.54 Å². The number of ketones is 1. The lowest BCUT2D eigenvalue weighted by molar-refractivity contribution is 0.0428. The van der Waals surface area contributed by atoms with Crippen molar-refractivity contribution in [3.8, 4) is 0 Å². The minimum atomic E-state index is -1.01. The van der Waals surface area contributed by atoms with Crippen molar-refractivity contribution < 1.29 is 9.90 Å². The number of carbonyl (C=O) groups excluding carboxylic acids is 1. The number of aryl methyl sites for hydroxylation is 1. The molecule has 0 fully saturated rings. The summed E-state index contributed by atoms with van der Waals surface area (Å²) in [5, 5.41) is 9.84. The average molecular weight is 210 g/mol. The van der Waals surface area contributed by atoms with Crippen LogP contribution in [0.25, 0.3) is 0 Å². The predicted octanol–water partition coefficient (Wildman–Crippen LogP) is 1.49. The van der Waals surface area contributed by atoms with Crippen LogP contribution in [0.15, 0.2) is 12.4 Å². The summed E-state index contributed by atoms with van der Waals surface area (Å²) in [6, 6.07) is 0. The number of aliphatic hydroxyl groups excluding tert-OH is 1. The molecule has 0 radical (unpaired) electrons. The summed E-state index contributed by atoms with van der Waals surface area (Å²) in [5.74, 6) is 0.0225. The first-order chi connectivity index (χ1) is 6.88. The van der Waals surface area contributed by atoms with Gasteiger partial charge in [-0.1, -0.05) is 20.8 Å². The third kappa shape index (κ3) is 2.45. The highest BCUT2D eigenvalue weighted by molar-refractivity contribution is 5.96. The first kappa shape index (κ1) is 11.9. The monoisotopic (exact) mass is 210 g/mol. The van der Waals surface area contributed by atoms with E-state index in [0.29, 0.717) is 12.4 Å². The van der Waals surface area contributed by atoms with Crippen molar-refractivity contribution in [3.63, 3.8) is 0 Å². The standard InChI is InChI=1S/C11H18N2O2/c1-5-13-7-6-12-10(13)8(14)9(15)11(2,3)4/h6-7,9,15H,5H2,1-4H3. The third-order valence-electron chi connectivity index (χ3n) is 2.35. The molecule has 1 rings (SSSR count). The Balaban J connectivity index is 2.95. The molecule has 0 aliphatic heterocycles. The Morgan fingerprint density at radius 3 is 2.67 bits per heavy atom. The molecule has 0 spiro atoms. The zero-order chi connectivity index (χ0) is 11.6. The molecule has 0 amide bonds. The van der Waals surface area contributed by atoms with E-state index in [1.54, 1.807) is 17.0 Å². The summed E-state index contributed by atoms with van der Waals surface area (Å²) in [5.41, 5.74) is -0.457. The molecule has 1 heterocycles. The molecule has 1 atom stereocenters. The normalized spacial score (nSPS) is 13.9. The van der Waals surface area contributed by atoms with Gasteiger partial charge >= 0.3 is 0 Å². The van der Waals surface area contributed by atoms with Gasteiger partial charge in [0.1, 0.15) is 6.10 Å². The molecule has 15 heavy (non-hydrogen) atoms. The number of rotatable bonds is 3. The molecule has 1 aromatic rings. The number of nitrogens with zero attached hydrogens (tertiary/aromatic N) is 2. The summed E-state index contributed by atoms with van der Waals surface area (Å²) in [6.45, 7) is 8.10. The second-order valence-corrected chi connectivity index (χ2v) is 4.67. The highest BCUT2D eigenvalue weighted by atomic mass is 16.3. The lowest BCUT2D eigenvalue weighted by Crippen LogP contribution is -2.35. The van der Waals surface area contributed by atoms with E-state index >= 15 is 0 Å². The topological polar surface area (TPSA) is 55.1 Å². The van der Waals surface area contributed by atoms with Crippen molar-refractivity contribution in [2.45, 2.75) is 40.3 Å². The van der Waals surface area contributed by atoms with Crippen molar-refractivity contribution >= 4 is 5.78 Å². The van der Waals surface area contributed by atoms with Gasteiger partial charge < -0.3 is 9.67 Å². The van der Waals surface area contributed by atoms with Crippen LogP contribution in [0.2, 0.25) is 0 Å². The first-order valence-electron chi connectivity index (χ1n) is 5.11. The molecular weight excluding hydrogens is 192 g/mol. The first-order valence-corrected chi connectivity index (χ1v) is 5.11. The van der Waals surface area contributed by atoms with E-state index in [1.165, 1.54) is 0 Å². The largest absolute Gasteiger partial charge is 0.384 e. The molecule has 1 aromatic heterocycles. The molecule has 0 aromatic carbocycles. The van der Waals surface area contributed by atoms with Crippen LogP contribution < -0.4 is 0 Å². The zero-order valence-corrected chi connectivity index (χ0v) is 9.69. The van der Waals surface area contributed by atoms with Crippen LogP contribution >= 0.6 is 0 Å². The van der Waals surface area contributed by atoms with E-state index in [1.807, 2.05) is 27.7 Å². The van der Waals surface area contributed by atoms with Crippen LogP contribution in [-0.4, -0.2) is 26.5 Å². The summed E-state index contributed by atoms with van der Waals surface area (Å²) < 4.78 is 1.73. The number of aromatic nitrogens is 2. The van der Waals surface area contributed by atoms with Crippen molar-refractivity contribution in [1.29, 1.82) is 0 Å². The van der Waals surface area contributed by atoms with E-state index < -0.39 is 11.5 Å². The second-order valence-electron chi connectivity index (χ2n) is 4.67. The van der Waals surface area contributed by atoms with Crippen molar-refractivity contribution in [2.75, 3.05) is 0 Å². The maximum atomic E-state index is 11.9. The molecule has 1 unspecified atom stereocenters. The molecule has 1 N–H and O–H groups in total. The summed E-state index contributed by atoms with van der Waals surface area (Å²) in [4.78, 5) is 15.9. The number of Topliss-reactive ketones (excluding diaryl/α,β-unsaturated/α-hetero) is 1. The van der Waals surface area contributed by atoms with Crippen molar-refractivity contribution in [3.05, 3.63) is 18.2 Å². The van der Waals surface area contributed by atoms with E-state index in [0.717, 1.165) is 0 Å². The van der Waals surface area contributed by atoms with Gasteiger partial charge in [-0.05, 0) is 12.3 Å². The molecule has 0 saturated carbocycles. The minimum absolute atomic E-state index is 0.311. The minimum Gasteiger partial charge on any atom is -0.384 e. The maximum absolute atomic E-state index is 11.9. The number of hydrogen-bond donors (Lipinski definition) is 1. The van der Waals surface area contributed by atoms with E-state index in [-0.39, 0.29) is 5.78 Å². The van der Waals surface area contributed by atoms with Crippen molar-refractivity contribution in [2.24, 2.45) is 5.41 Å². The Hall–Kier alpha value is -1.16. The van der Waals surface area contributed by atoms with Crippen LogP contribution in [0.3, 0.4) is 0 Å². The number of hydrogen-bond acceptors (Lipinski definition) is 3.